The highest BCUT2D eigenvalue weighted by molar-refractivity contribution is 6.10. The van der Waals surface area contributed by atoms with Crippen LogP contribution < -0.4 is 0 Å². The summed E-state index contributed by atoms with van der Waals surface area (Å²) in [6.07, 6.45) is 0. The Morgan fingerprint density at radius 2 is 0.613 bits per heavy atom. The molecule has 0 aliphatic rings. The lowest BCUT2D eigenvalue weighted by Gasteiger charge is -2.13. The van der Waals surface area contributed by atoms with Gasteiger partial charge in [0.1, 0.15) is 0 Å². The van der Waals surface area contributed by atoms with Crippen LogP contribution in [0.25, 0.3) is 111 Å². The second-order valence-electron chi connectivity index (χ2n) is 15.8. The van der Waals surface area contributed by atoms with Gasteiger partial charge in [-0.25, -0.2) is 9.97 Å². The molecule has 0 aliphatic heterocycles. The molecule has 12 aromatic rings. The summed E-state index contributed by atoms with van der Waals surface area (Å²) in [7, 11) is 0. The van der Waals surface area contributed by atoms with Gasteiger partial charge in [-0.3, -0.25) is 0 Å². The highest BCUT2D eigenvalue weighted by Gasteiger charge is 2.17. The first-order valence-electron chi connectivity index (χ1n) is 21.1. The first-order chi connectivity index (χ1) is 30.7. The molecule has 4 heteroatoms. The van der Waals surface area contributed by atoms with E-state index >= 15 is 0 Å². The zero-order valence-corrected chi connectivity index (χ0v) is 33.7. The Hall–Kier alpha value is -8.34. The number of hydrogen-bond donors (Lipinski definition) is 0. The Balaban J connectivity index is 1.00. The Bertz CT molecular complexity index is 3350. The van der Waals surface area contributed by atoms with Crippen molar-refractivity contribution < 1.29 is 0 Å². The molecule has 0 unspecified atom stereocenters. The molecule has 0 saturated heterocycles. The maximum atomic E-state index is 5.37. The normalized spacial score (nSPS) is 11.5. The number of fused-ring (bicyclic) bond motifs is 6. The second kappa shape index (κ2) is 14.7. The molecule has 9 aromatic carbocycles. The third kappa shape index (κ3) is 6.08. The predicted octanol–water partition coefficient (Wildman–Crippen LogP) is 15.0. The summed E-state index contributed by atoms with van der Waals surface area (Å²) >= 11 is 0. The summed E-state index contributed by atoms with van der Waals surface area (Å²) in [6.45, 7) is 0. The molecule has 0 radical (unpaired) electrons. The van der Waals surface area contributed by atoms with E-state index in [9.17, 15) is 0 Å². The van der Waals surface area contributed by atoms with Gasteiger partial charge in [-0.2, -0.15) is 0 Å². The molecule has 0 N–H and O–H groups in total. The lowest BCUT2D eigenvalue weighted by molar-refractivity contribution is 1.15. The van der Waals surface area contributed by atoms with E-state index in [1.807, 2.05) is 0 Å². The van der Waals surface area contributed by atoms with Crippen molar-refractivity contribution in [3.05, 3.63) is 231 Å². The van der Waals surface area contributed by atoms with Crippen molar-refractivity contribution in [2.45, 2.75) is 0 Å². The highest BCUT2D eigenvalue weighted by atomic mass is 15.0. The Kier molecular flexibility index (Phi) is 8.46. The van der Waals surface area contributed by atoms with Gasteiger partial charge in [0.2, 0.25) is 0 Å². The lowest BCUT2D eigenvalue weighted by Crippen LogP contribution is -1.99. The standard InChI is InChI=1S/C58H38N4/c1-2-15-39(16-3-1)42-17-12-18-43(35-42)40-31-33-41(34-32-40)52-38-53(44-19-13-21-46(36-44)61-54-27-8-4-23-48(54)49-24-5-9-28-55(49)61)60-58(59-52)45-20-14-22-47(37-45)62-56-29-10-6-25-50(56)51-26-7-11-30-57(51)62/h1-38H. The largest absolute Gasteiger partial charge is 0.309 e. The number of hydrogen-bond acceptors (Lipinski definition) is 2. The number of rotatable bonds is 7. The van der Waals surface area contributed by atoms with Crippen LogP contribution in [0.3, 0.4) is 0 Å². The Morgan fingerprint density at radius 1 is 0.242 bits per heavy atom. The van der Waals surface area contributed by atoms with E-state index in [1.54, 1.807) is 0 Å². The zero-order chi connectivity index (χ0) is 41.0. The van der Waals surface area contributed by atoms with Crippen LogP contribution in [0.1, 0.15) is 0 Å². The Labute approximate surface area is 359 Å². The van der Waals surface area contributed by atoms with Crippen molar-refractivity contribution in [1.82, 2.24) is 19.1 Å². The van der Waals surface area contributed by atoms with E-state index in [4.69, 9.17) is 9.97 Å². The third-order valence-corrected chi connectivity index (χ3v) is 12.1. The molecule has 3 heterocycles. The van der Waals surface area contributed by atoms with Gasteiger partial charge in [-0.1, -0.05) is 170 Å². The molecule has 3 aromatic heterocycles. The summed E-state index contributed by atoms with van der Waals surface area (Å²) in [5.41, 5.74) is 16.2. The maximum absolute atomic E-state index is 5.37. The SMILES string of the molecule is c1ccc(-c2cccc(-c3ccc(-c4cc(-c5cccc(-n6c7ccccc7c7ccccc76)c5)nc(-c5cccc(-n6c7ccccc7c7ccccc76)c5)n4)cc3)c2)cc1. The number of para-hydroxylation sites is 4. The van der Waals surface area contributed by atoms with Crippen LogP contribution >= 0.6 is 0 Å². The smallest absolute Gasteiger partial charge is 0.160 e. The van der Waals surface area contributed by atoms with Gasteiger partial charge in [0, 0.05) is 49.6 Å². The van der Waals surface area contributed by atoms with Crippen LogP contribution in [-0.2, 0) is 0 Å². The van der Waals surface area contributed by atoms with Gasteiger partial charge in [0.05, 0.1) is 33.5 Å². The number of benzene rings is 9. The topological polar surface area (TPSA) is 35.6 Å². The van der Waals surface area contributed by atoms with Crippen molar-refractivity contribution in [3.8, 4) is 67.5 Å². The summed E-state index contributed by atoms with van der Waals surface area (Å²) in [5, 5.41) is 4.93. The lowest BCUT2D eigenvalue weighted by atomic mass is 9.98. The van der Waals surface area contributed by atoms with E-state index < -0.39 is 0 Å². The average molecular weight is 791 g/mol. The molecule has 0 aliphatic carbocycles. The molecular formula is C58H38N4. The minimum Gasteiger partial charge on any atom is -0.309 e. The summed E-state index contributed by atoms with van der Waals surface area (Å²) in [4.78, 5) is 10.7. The fraction of sp³-hybridized carbons (Fsp3) is 0. The molecule has 62 heavy (non-hydrogen) atoms. The van der Waals surface area contributed by atoms with E-state index in [2.05, 4.69) is 240 Å². The summed E-state index contributed by atoms with van der Waals surface area (Å²) in [5.74, 6) is 0.669. The van der Waals surface area contributed by atoms with Gasteiger partial charge in [-0.15, -0.1) is 0 Å². The molecule has 0 amide bonds. The van der Waals surface area contributed by atoms with Crippen LogP contribution in [0.15, 0.2) is 231 Å². The molecule has 0 saturated carbocycles. The van der Waals surface area contributed by atoms with Crippen LogP contribution in [0, 0.1) is 0 Å². The van der Waals surface area contributed by atoms with Crippen LogP contribution in [0.4, 0.5) is 0 Å². The number of aromatic nitrogens is 4. The molecule has 0 spiro atoms. The molecular weight excluding hydrogens is 753 g/mol. The van der Waals surface area contributed by atoms with Crippen LogP contribution in [0.5, 0.6) is 0 Å². The minimum atomic E-state index is 0.669. The van der Waals surface area contributed by atoms with Gasteiger partial charge in [0.15, 0.2) is 5.82 Å². The first-order valence-corrected chi connectivity index (χ1v) is 21.1. The quantitative estimate of drug-likeness (QED) is 0.161. The van der Waals surface area contributed by atoms with Crippen molar-refractivity contribution in [2.75, 3.05) is 0 Å². The minimum absolute atomic E-state index is 0.669. The third-order valence-electron chi connectivity index (χ3n) is 12.1. The fourth-order valence-electron chi connectivity index (χ4n) is 9.20. The summed E-state index contributed by atoms with van der Waals surface area (Å²) < 4.78 is 4.71. The van der Waals surface area contributed by atoms with Gasteiger partial charge < -0.3 is 9.13 Å². The van der Waals surface area contributed by atoms with E-state index in [1.165, 1.54) is 49.3 Å². The average Bonchev–Trinajstić information content (AvgIpc) is 3.87. The van der Waals surface area contributed by atoms with Crippen molar-refractivity contribution >= 4 is 43.6 Å². The number of nitrogens with zero attached hydrogens (tertiary/aromatic N) is 4. The van der Waals surface area contributed by atoms with E-state index in [-0.39, 0.29) is 0 Å². The molecule has 12 rings (SSSR count). The van der Waals surface area contributed by atoms with Crippen LogP contribution in [-0.4, -0.2) is 19.1 Å². The molecule has 0 bridgehead atoms. The first kappa shape index (κ1) is 35.6. The summed E-state index contributed by atoms with van der Waals surface area (Å²) in [6, 6.07) is 82.1. The van der Waals surface area contributed by atoms with Crippen molar-refractivity contribution in [2.24, 2.45) is 0 Å². The molecule has 0 fully saturated rings. The van der Waals surface area contributed by atoms with Crippen molar-refractivity contribution in [3.63, 3.8) is 0 Å². The maximum Gasteiger partial charge on any atom is 0.160 e. The monoisotopic (exact) mass is 790 g/mol. The van der Waals surface area contributed by atoms with E-state index in [0.29, 0.717) is 5.82 Å². The molecule has 4 nitrogen and oxygen atoms in total. The fourth-order valence-corrected chi connectivity index (χ4v) is 9.20. The molecule has 290 valence electrons. The zero-order valence-electron chi connectivity index (χ0n) is 33.7. The van der Waals surface area contributed by atoms with Crippen molar-refractivity contribution in [1.29, 1.82) is 0 Å². The van der Waals surface area contributed by atoms with Gasteiger partial charge in [0.25, 0.3) is 0 Å². The second-order valence-corrected chi connectivity index (χ2v) is 15.8. The predicted molar refractivity (Wildman–Crippen MR) is 258 cm³/mol. The molecule has 0 atom stereocenters. The highest BCUT2D eigenvalue weighted by Crippen LogP contribution is 2.37. The van der Waals surface area contributed by atoms with Gasteiger partial charge >= 0.3 is 0 Å². The van der Waals surface area contributed by atoms with E-state index in [0.717, 1.165) is 56.0 Å². The van der Waals surface area contributed by atoms with Gasteiger partial charge in [-0.05, 0) is 82.9 Å². The van der Waals surface area contributed by atoms with Crippen LogP contribution in [0.2, 0.25) is 0 Å². The Morgan fingerprint density at radius 3 is 1.15 bits per heavy atom.